The van der Waals surface area contributed by atoms with Gasteiger partial charge in [0.1, 0.15) is 0 Å². The first-order valence-electron chi connectivity index (χ1n) is 8.45. The molecule has 0 spiro atoms. The number of hydrogen-bond donors (Lipinski definition) is 0. The van der Waals surface area contributed by atoms with Crippen LogP contribution in [0.3, 0.4) is 0 Å². The Hall–Kier alpha value is -1.69. The van der Waals surface area contributed by atoms with Crippen LogP contribution in [-0.4, -0.2) is 43.8 Å². The van der Waals surface area contributed by atoms with Crippen LogP contribution < -0.4 is 0 Å². The predicted octanol–water partition coefficient (Wildman–Crippen LogP) is 2.60. The minimum Gasteiger partial charge on any atom is -0.293 e. The Morgan fingerprint density at radius 2 is 1.71 bits per heavy atom. The van der Waals surface area contributed by atoms with Gasteiger partial charge in [-0.05, 0) is 36.1 Å². The molecule has 2 heterocycles. The van der Waals surface area contributed by atoms with E-state index >= 15 is 0 Å². The quantitative estimate of drug-likeness (QED) is 0.842. The molecule has 5 heteroatoms. The molecule has 0 saturated carbocycles. The SMILES string of the molecule is Cc1ccccc1S(=O)(=O)N1CCN2CCc3ccccc3C2C1. The van der Waals surface area contributed by atoms with E-state index in [1.165, 1.54) is 11.1 Å². The van der Waals surface area contributed by atoms with Gasteiger partial charge in [0.25, 0.3) is 0 Å². The van der Waals surface area contributed by atoms with Gasteiger partial charge in [0.05, 0.1) is 4.90 Å². The molecule has 4 nitrogen and oxygen atoms in total. The lowest BCUT2D eigenvalue weighted by Gasteiger charge is -2.44. The lowest BCUT2D eigenvalue weighted by molar-refractivity contribution is 0.109. The molecular formula is C19H22N2O2S. The lowest BCUT2D eigenvalue weighted by Crippen LogP contribution is -2.52. The summed E-state index contributed by atoms with van der Waals surface area (Å²) in [5.74, 6) is 0. The standard InChI is InChI=1S/C19H22N2O2S/c1-15-6-2-5-9-19(15)24(22,23)21-13-12-20-11-10-16-7-3-4-8-17(16)18(20)14-21/h2-9,18H,10-14H2,1H3. The number of nitrogens with zero attached hydrogens (tertiary/aromatic N) is 2. The maximum absolute atomic E-state index is 13.1. The summed E-state index contributed by atoms with van der Waals surface area (Å²) in [7, 11) is -3.44. The van der Waals surface area contributed by atoms with Crippen molar-refractivity contribution < 1.29 is 8.42 Å². The van der Waals surface area contributed by atoms with Crippen LogP contribution in [0.5, 0.6) is 0 Å². The molecule has 24 heavy (non-hydrogen) atoms. The summed E-state index contributed by atoms with van der Waals surface area (Å²) >= 11 is 0. The maximum atomic E-state index is 13.1. The summed E-state index contributed by atoms with van der Waals surface area (Å²) in [6, 6.07) is 15.9. The average Bonchev–Trinajstić information content (AvgIpc) is 2.61. The molecule has 126 valence electrons. The monoisotopic (exact) mass is 342 g/mol. The molecule has 4 rings (SSSR count). The van der Waals surface area contributed by atoms with Gasteiger partial charge < -0.3 is 0 Å². The fourth-order valence-electron chi connectivity index (χ4n) is 3.91. The summed E-state index contributed by atoms with van der Waals surface area (Å²) < 4.78 is 27.9. The molecular weight excluding hydrogens is 320 g/mol. The van der Waals surface area contributed by atoms with Crippen LogP contribution in [0, 0.1) is 6.92 Å². The number of rotatable bonds is 2. The smallest absolute Gasteiger partial charge is 0.243 e. The van der Waals surface area contributed by atoms with Crippen molar-refractivity contribution in [2.75, 3.05) is 26.2 Å². The number of benzene rings is 2. The average molecular weight is 342 g/mol. The molecule has 0 aromatic heterocycles. The fraction of sp³-hybridized carbons (Fsp3) is 0.368. The molecule has 2 aliphatic rings. The van der Waals surface area contributed by atoms with Crippen molar-refractivity contribution in [2.24, 2.45) is 0 Å². The minimum absolute atomic E-state index is 0.169. The topological polar surface area (TPSA) is 40.6 Å². The Kier molecular flexibility index (Phi) is 3.95. The van der Waals surface area contributed by atoms with Crippen molar-refractivity contribution in [3.63, 3.8) is 0 Å². The van der Waals surface area contributed by atoms with E-state index in [1.807, 2.05) is 19.1 Å². The van der Waals surface area contributed by atoms with Crippen LogP contribution in [0.15, 0.2) is 53.4 Å². The lowest BCUT2D eigenvalue weighted by atomic mass is 9.91. The first-order valence-corrected chi connectivity index (χ1v) is 9.89. The number of fused-ring (bicyclic) bond motifs is 3. The van der Waals surface area contributed by atoms with E-state index in [9.17, 15) is 8.42 Å². The molecule has 0 aliphatic carbocycles. The second kappa shape index (κ2) is 5.99. The summed E-state index contributed by atoms with van der Waals surface area (Å²) in [5.41, 5.74) is 3.45. The Balaban J connectivity index is 1.67. The fourth-order valence-corrected chi connectivity index (χ4v) is 5.58. The Morgan fingerprint density at radius 1 is 0.958 bits per heavy atom. The van der Waals surface area contributed by atoms with Gasteiger partial charge in [-0.25, -0.2) is 8.42 Å². The number of hydrogen-bond acceptors (Lipinski definition) is 3. The van der Waals surface area contributed by atoms with Crippen molar-refractivity contribution >= 4 is 10.0 Å². The normalized spacial score (nSPS) is 22.0. The van der Waals surface area contributed by atoms with E-state index in [0.29, 0.717) is 18.0 Å². The van der Waals surface area contributed by atoms with E-state index < -0.39 is 10.0 Å². The summed E-state index contributed by atoms with van der Waals surface area (Å²) in [6.45, 7) is 4.77. The Morgan fingerprint density at radius 3 is 2.54 bits per heavy atom. The van der Waals surface area contributed by atoms with E-state index in [-0.39, 0.29) is 6.04 Å². The molecule has 2 aromatic carbocycles. The van der Waals surface area contributed by atoms with Gasteiger partial charge in [-0.3, -0.25) is 4.90 Å². The summed E-state index contributed by atoms with van der Waals surface area (Å²) in [5, 5.41) is 0. The molecule has 1 unspecified atom stereocenters. The van der Waals surface area contributed by atoms with Crippen molar-refractivity contribution in [1.82, 2.24) is 9.21 Å². The van der Waals surface area contributed by atoms with Crippen LogP contribution in [-0.2, 0) is 16.4 Å². The molecule has 2 aromatic rings. The Labute approximate surface area is 143 Å². The largest absolute Gasteiger partial charge is 0.293 e. The molecule has 0 bridgehead atoms. The van der Waals surface area contributed by atoms with Gasteiger partial charge in [-0.15, -0.1) is 0 Å². The minimum atomic E-state index is -3.44. The van der Waals surface area contributed by atoms with E-state index in [4.69, 9.17) is 0 Å². The van der Waals surface area contributed by atoms with Crippen LogP contribution in [0.25, 0.3) is 0 Å². The molecule has 0 amide bonds. The van der Waals surface area contributed by atoms with Crippen LogP contribution in [0.4, 0.5) is 0 Å². The summed E-state index contributed by atoms with van der Waals surface area (Å²) in [4.78, 5) is 2.86. The molecule has 1 atom stereocenters. The maximum Gasteiger partial charge on any atom is 0.243 e. The zero-order chi connectivity index (χ0) is 16.7. The molecule has 0 N–H and O–H groups in total. The van der Waals surface area contributed by atoms with Gasteiger partial charge >= 0.3 is 0 Å². The molecule has 1 fully saturated rings. The third kappa shape index (κ3) is 2.57. The molecule has 0 radical (unpaired) electrons. The van der Waals surface area contributed by atoms with Crippen LogP contribution in [0.1, 0.15) is 22.7 Å². The van der Waals surface area contributed by atoms with Crippen molar-refractivity contribution in [2.45, 2.75) is 24.3 Å². The highest BCUT2D eigenvalue weighted by Crippen LogP contribution is 2.34. The van der Waals surface area contributed by atoms with Crippen LogP contribution >= 0.6 is 0 Å². The predicted molar refractivity (Wildman–Crippen MR) is 94.4 cm³/mol. The molecule has 1 saturated heterocycles. The highest BCUT2D eigenvalue weighted by Gasteiger charge is 2.37. The number of aryl methyl sites for hydroxylation is 1. The first kappa shape index (κ1) is 15.8. The van der Waals surface area contributed by atoms with Crippen molar-refractivity contribution in [3.8, 4) is 0 Å². The van der Waals surface area contributed by atoms with Gasteiger partial charge in [-0.2, -0.15) is 4.31 Å². The highest BCUT2D eigenvalue weighted by molar-refractivity contribution is 7.89. The van der Waals surface area contributed by atoms with Crippen molar-refractivity contribution in [1.29, 1.82) is 0 Å². The first-order chi connectivity index (χ1) is 11.6. The third-order valence-corrected chi connectivity index (χ3v) is 7.27. The summed E-state index contributed by atoms with van der Waals surface area (Å²) in [6.07, 6.45) is 1.05. The van der Waals surface area contributed by atoms with Gasteiger partial charge in [0.15, 0.2) is 0 Å². The third-order valence-electron chi connectivity index (χ3n) is 5.25. The second-order valence-corrected chi connectivity index (χ2v) is 8.54. The number of piperazine rings is 1. The highest BCUT2D eigenvalue weighted by atomic mass is 32.2. The van der Waals surface area contributed by atoms with E-state index in [0.717, 1.165) is 25.1 Å². The Bertz CT molecular complexity index is 863. The second-order valence-electron chi connectivity index (χ2n) is 6.63. The zero-order valence-electron chi connectivity index (χ0n) is 13.9. The van der Waals surface area contributed by atoms with Crippen molar-refractivity contribution in [3.05, 3.63) is 65.2 Å². The van der Waals surface area contributed by atoms with Gasteiger partial charge in [0, 0.05) is 32.2 Å². The van der Waals surface area contributed by atoms with Gasteiger partial charge in [-0.1, -0.05) is 42.5 Å². The number of sulfonamides is 1. The van der Waals surface area contributed by atoms with Crippen LogP contribution in [0.2, 0.25) is 0 Å². The van der Waals surface area contributed by atoms with E-state index in [1.54, 1.807) is 16.4 Å². The molecule has 2 aliphatic heterocycles. The zero-order valence-corrected chi connectivity index (χ0v) is 14.7. The van der Waals surface area contributed by atoms with E-state index in [2.05, 4.69) is 29.2 Å². The van der Waals surface area contributed by atoms with Gasteiger partial charge in [0.2, 0.25) is 10.0 Å².